The summed E-state index contributed by atoms with van der Waals surface area (Å²) in [5, 5.41) is 4.73. The fourth-order valence-electron chi connectivity index (χ4n) is 2.98. The fraction of sp³-hybridized carbons (Fsp3) is 0.632. The Balaban J connectivity index is 2.23. The van der Waals surface area contributed by atoms with Crippen molar-refractivity contribution in [3.63, 3.8) is 0 Å². The van der Waals surface area contributed by atoms with Gasteiger partial charge in [0.05, 0.1) is 11.8 Å². The number of aryl methyl sites for hydroxylation is 1. The second kappa shape index (κ2) is 9.59. The fourth-order valence-corrected chi connectivity index (χ4v) is 2.98. The van der Waals surface area contributed by atoms with Gasteiger partial charge in [-0.15, -0.1) is 0 Å². The summed E-state index contributed by atoms with van der Waals surface area (Å²) in [6, 6.07) is -1.33. The van der Waals surface area contributed by atoms with Crippen LogP contribution in [0.1, 0.15) is 44.5 Å². The van der Waals surface area contributed by atoms with Gasteiger partial charge in [0, 0.05) is 13.2 Å². The number of esters is 3. The third kappa shape index (κ3) is 5.28. The topological polar surface area (TPSA) is 146 Å². The highest BCUT2D eigenvalue weighted by Gasteiger charge is 2.41. The van der Waals surface area contributed by atoms with E-state index in [2.05, 4.69) is 10.4 Å². The highest BCUT2D eigenvalue weighted by atomic mass is 16.6. The van der Waals surface area contributed by atoms with Crippen LogP contribution in [0.25, 0.3) is 0 Å². The number of ether oxygens (including phenoxy) is 3. The van der Waals surface area contributed by atoms with Crippen molar-refractivity contribution in [2.45, 2.75) is 52.4 Å². The number of carbonyl (C=O) groups is 4. The molecule has 1 saturated heterocycles. The van der Waals surface area contributed by atoms with E-state index >= 15 is 0 Å². The van der Waals surface area contributed by atoms with Crippen LogP contribution in [0, 0.1) is 11.8 Å². The van der Waals surface area contributed by atoms with Crippen LogP contribution in [0.2, 0.25) is 0 Å². The van der Waals surface area contributed by atoms with E-state index in [-0.39, 0.29) is 12.0 Å². The number of aromatic amines is 1. The summed E-state index contributed by atoms with van der Waals surface area (Å²) in [5.41, 5.74) is -0.844. The van der Waals surface area contributed by atoms with Crippen molar-refractivity contribution in [3.8, 4) is 0 Å². The molecule has 1 fully saturated rings. The number of rotatable bonds is 5. The predicted molar refractivity (Wildman–Crippen MR) is 102 cm³/mol. The summed E-state index contributed by atoms with van der Waals surface area (Å²) in [5.74, 6) is -4.20. The Morgan fingerprint density at radius 3 is 2.50 bits per heavy atom. The van der Waals surface area contributed by atoms with Gasteiger partial charge in [-0.05, 0) is 13.3 Å². The molecule has 0 aliphatic carbocycles. The van der Waals surface area contributed by atoms with Gasteiger partial charge in [-0.25, -0.2) is 4.79 Å². The summed E-state index contributed by atoms with van der Waals surface area (Å²) in [7, 11) is 1.53. The molecule has 1 amide bonds. The quantitative estimate of drug-likeness (QED) is 0.491. The number of hydrogen-bond acceptors (Lipinski definition) is 8. The summed E-state index contributed by atoms with van der Waals surface area (Å²) in [6.07, 6.45) is -0.447. The predicted octanol–water partition coefficient (Wildman–Crippen LogP) is -0.106. The zero-order valence-electron chi connectivity index (χ0n) is 17.6. The van der Waals surface area contributed by atoms with E-state index in [0.717, 1.165) is 0 Å². The largest absolute Gasteiger partial charge is 0.463 e. The molecule has 0 saturated carbocycles. The number of cyclic esters (lactones) is 2. The molecule has 1 aromatic heterocycles. The van der Waals surface area contributed by atoms with Crippen molar-refractivity contribution >= 4 is 23.8 Å². The first-order valence-corrected chi connectivity index (χ1v) is 9.69. The zero-order chi connectivity index (χ0) is 22.6. The molecular weight excluding hydrogens is 398 g/mol. The van der Waals surface area contributed by atoms with Gasteiger partial charge in [0.2, 0.25) is 0 Å². The molecule has 4 atom stereocenters. The van der Waals surface area contributed by atoms with Gasteiger partial charge in [0.25, 0.3) is 11.5 Å². The molecule has 11 heteroatoms. The first-order chi connectivity index (χ1) is 14.0. The lowest BCUT2D eigenvalue weighted by atomic mass is 9.95. The SMILES string of the molecule is CC[C@H]1C(=O)OC[C@H](NC(=O)c2cn(C)[nH]c2=O)C(=O)O[C@@H](C)[C@@H]1OC(=O)C(C)C. The first kappa shape index (κ1) is 23.2. The molecule has 166 valence electrons. The van der Waals surface area contributed by atoms with Crippen LogP contribution in [0.3, 0.4) is 0 Å². The molecule has 0 aromatic carbocycles. The number of hydrogen-bond donors (Lipinski definition) is 2. The molecule has 11 nitrogen and oxygen atoms in total. The molecule has 30 heavy (non-hydrogen) atoms. The highest BCUT2D eigenvalue weighted by Crippen LogP contribution is 2.23. The highest BCUT2D eigenvalue weighted by molar-refractivity contribution is 5.96. The van der Waals surface area contributed by atoms with Crippen molar-refractivity contribution < 1.29 is 33.4 Å². The number of aromatic nitrogens is 2. The van der Waals surface area contributed by atoms with Crippen LogP contribution in [-0.2, 0) is 35.6 Å². The normalized spacial score (nSPS) is 24.9. The average molecular weight is 425 g/mol. The van der Waals surface area contributed by atoms with E-state index in [1.807, 2.05) is 0 Å². The van der Waals surface area contributed by atoms with Crippen LogP contribution in [0.4, 0.5) is 0 Å². The third-order valence-corrected chi connectivity index (χ3v) is 4.70. The van der Waals surface area contributed by atoms with Crippen LogP contribution in [0.5, 0.6) is 0 Å². The maximum Gasteiger partial charge on any atom is 0.332 e. The Morgan fingerprint density at radius 2 is 1.97 bits per heavy atom. The van der Waals surface area contributed by atoms with Gasteiger partial charge in [0.1, 0.15) is 18.3 Å². The monoisotopic (exact) mass is 425 g/mol. The summed E-state index contributed by atoms with van der Waals surface area (Å²) in [4.78, 5) is 61.4. The van der Waals surface area contributed by atoms with Crippen molar-refractivity contribution in [1.82, 2.24) is 15.1 Å². The molecule has 2 heterocycles. The van der Waals surface area contributed by atoms with Crippen LogP contribution >= 0.6 is 0 Å². The van der Waals surface area contributed by atoms with Crippen LogP contribution < -0.4 is 10.9 Å². The number of carbonyl (C=O) groups excluding carboxylic acids is 4. The first-order valence-electron chi connectivity index (χ1n) is 9.69. The lowest BCUT2D eigenvalue weighted by Crippen LogP contribution is -2.47. The van der Waals surface area contributed by atoms with Crippen LogP contribution in [0.15, 0.2) is 11.0 Å². The molecule has 2 N–H and O–H groups in total. The Kier molecular flexibility index (Phi) is 7.41. The molecular formula is C19H27N3O8. The van der Waals surface area contributed by atoms with E-state index in [0.29, 0.717) is 0 Å². The Hall–Kier alpha value is -3.11. The molecule has 0 radical (unpaired) electrons. The van der Waals surface area contributed by atoms with Gasteiger partial charge >= 0.3 is 17.9 Å². The number of H-pyrrole nitrogens is 1. The molecule has 0 unspecified atom stereocenters. The Bertz CT molecular complexity index is 871. The van der Waals surface area contributed by atoms with E-state index in [1.54, 1.807) is 20.8 Å². The van der Waals surface area contributed by atoms with E-state index in [1.165, 1.54) is 24.9 Å². The summed E-state index contributed by atoms with van der Waals surface area (Å²) in [6.45, 7) is 6.02. The summed E-state index contributed by atoms with van der Waals surface area (Å²) >= 11 is 0. The molecule has 1 aromatic rings. The minimum absolute atomic E-state index is 0.209. The minimum Gasteiger partial charge on any atom is -0.463 e. The number of nitrogens with zero attached hydrogens (tertiary/aromatic N) is 1. The van der Waals surface area contributed by atoms with Crippen molar-refractivity contribution in [2.75, 3.05) is 6.61 Å². The second-order valence-corrected chi connectivity index (χ2v) is 7.46. The molecule has 2 rings (SSSR count). The zero-order valence-corrected chi connectivity index (χ0v) is 17.6. The maximum atomic E-state index is 12.6. The average Bonchev–Trinajstić information content (AvgIpc) is 3.02. The Labute approximate surface area is 173 Å². The smallest absolute Gasteiger partial charge is 0.332 e. The standard InChI is InChI=1S/C19H27N3O8/c1-6-11-14(30-17(25)9(2)3)10(4)29-19(27)13(8-28-18(11)26)20-15(23)12-7-22(5)21-16(12)24/h7,9-11,13-14H,6,8H2,1-5H3,(H,20,23)(H,21,24)/t10-,11+,13-,14-/m0/s1. The van der Waals surface area contributed by atoms with E-state index in [9.17, 15) is 24.0 Å². The van der Waals surface area contributed by atoms with Gasteiger partial charge in [0.15, 0.2) is 12.1 Å². The molecule has 1 aliphatic heterocycles. The third-order valence-electron chi connectivity index (χ3n) is 4.70. The van der Waals surface area contributed by atoms with Crippen molar-refractivity contribution in [2.24, 2.45) is 18.9 Å². The number of amides is 1. The van der Waals surface area contributed by atoms with Gasteiger partial charge in [-0.1, -0.05) is 20.8 Å². The molecule has 1 aliphatic rings. The molecule has 0 spiro atoms. The Morgan fingerprint density at radius 1 is 1.30 bits per heavy atom. The lowest BCUT2D eigenvalue weighted by molar-refractivity contribution is -0.176. The van der Waals surface area contributed by atoms with Gasteiger partial charge < -0.3 is 19.5 Å². The number of nitrogens with one attached hydrogen (secondary N) is 2. The van der Waals surface area contributed by atoms with Crippen molar-refractivity contribution in [1.29, 1.82) is 0 Å². The summed E-state index contributed by atoms with van der Waals surface area (Å²) < 4.78 is 17.3. The second-order valence-electron chi connectivity index (χ2n) is 7.46. The maximum absolute atomic E-state index is 12.6. The van der Waals surface area contributed by atoms with Gasteiger partial charge in [-0.2, -0.15) is 0 Å². The van der Waals surface area contributed by atoms with E-state index in [4.69, 9.17) is 14.2 Å². The van der Waals surface area contributed by atoms with Crippen LogP contribution in [-0.4, -0.2) is 58.5 Å². The van der Waals surface area contributed by atoms with Crippen molar-refractivity contribution in [3.05, 3.63) is 22.1 Å². The lowest BCUT2D eigenvalue weighted by Gasteiger charge is -2.29. The van der Waals surface area contributed by atoms with Gasteiger partial charge in [-0.3, -0.25) is 29.0 Å². The van der Waals surface area contributed by atoms with E-state index < -0.39 is 66.1 Å². The minimum atomic E-state index is -1.33. The molecule has 0 bridgehead atoms.